The quantitative estimate of drug-likeness (QED) is 0.482. The van der Waals surface area contributed by atoms with E-state index in [9.17, 15) is 9.90 Å². The van der Waals surface area contributed by atoms with Crippen molar-refractivity contribution in [3.8, 4) is 17.2 Å². The van der Waals surface area contributed by atoms with E-state index in [1.165, 1.54) is 0 Å². The fraction of sp³-hybridized carbons (Fsp3) is 0.208. The summed E-state index contributed by atoms with van der Waals surface area (Å²) in [5.41, 5.74) is 3.69. The molecule has 0 atom stereocenters. The molecular formula is C24H23NO4. The van der Waals surface area contributed by atoms with Gasteiger partial charge in [0.15, 0.2) is 0 Å². The van der Waals surface area contributed by atoms with Gasteiger partial charge in [-0.3, -0.25) is 0 Å². The smallest absolute Gasteiger partial charge is 0.340 e. The fourth-order valence-electron chi connectivity index (χ4n) is 4.03. The maximum absolute atomic E-state index is 12.9. The predicted octanol–water partition coefficient (Wildman–Crippen LogP) is 5.29. The van der Waals surface area contributed by atoms with E-state index >= 15 is 0 Å². The summed E-state index contributed by atoms with van der Waals surface area (Å²) in [6, 6.07) is 15.4. The number of aromatic nitrogens is 1. The number of hydrogen-bond acceptors (Lipinski definition) is 4. The number of rotatable bonds is 4. The number of aryl methyl sites for hydroxylation is 1. The van der Waals surface area contributed by atoms with E-state index in [2.05, 4.69) is 4.57 Å². The zero-order chi connectivity index (χ0) is 20.7. The van der Waals surface area contributed by atoms with E-state index in [1.807, 2.05) is 62.4 Å². The lowest BCUT2D eigenvalue weighted by Crippen LogP contribution is -2.07. The highest BCUT2D eigenvalue weighted by molar-refractivity contribution is 6.18. The summed E-state index contributed by atoms with van der Waals surface area (Å²) in [5, 5.41) is 13.2. The van der Waals surface area contributed by atoms with Crippen molar-refractivity contribution in [1.29, 1.82) is 0 Å². The van der Waals surface area contributed by atoms with Crippen LogP contribution < -0.4 is 4.74 Å². The average molecular weight is 389 g/mol. The van der Waals surface area contributed by atoms with Gasteiger partial charge in [-0.25, -0.2) is 4.79 Å². The number of hydrogen-bond donors (Lipinski definition) is 1. The largest absolute Gasteiger partial charge is 0.507 e. The number of nitrogens with zero attached hydrogens (tertiary/aromatic N) is 1. The van der Waals surface area contributed by atoms with Crippen molar-refractivity contribution >= 4 is 27.6 Å². The molecule has 0 spiro atoms. The van der Waals surface area contributed by atoms with Crippen LogP contribution in [0.25, 0.3) is 27.4 Å². The molecule has 0 bridgehead atoms. The first-order valence-electron chi connectivity index (χ1n) is 9.56. The third kappa shape index (κ3) is 2.81. The van der Waals surface area contributed by atoms with Crippen LogP contribution in [0, 0.1) is 13.8 Å². The molecule has 0 saturated heterocycles. The van der Waals surface area contributed by atoms with E-state index in [0.29, 0.717) is 16.5 Å². The molecule has 5 heteroatoms. The number of carbonyl (C=O) groups is 1. The Morgan fingerprint density at radius 3 is 2.31 bits per heavy atom. The first kappa shape index (κ1) is 18.9. The molecule has 0 radical (unpaired) electrons. The van der Waals surface area contributed by atoms with Crippen LogP contribution in [0.4, 0.5) is 0 Å². The number of fused-ring (bicyclic) bond motifs is 3. The standard InChI is InChI=1S/C24H23NO4/c1-5-29-24(27)21-15(3)25(16-10-12-17(28-4)13-11-16)22-18-8-6-7-9-19(18)23(26)14(2)20(21)22/h6-13,26H,5H2,1-4H3. The summed E-state index contributed by atoms with van der Waals surface area (Å²) >= 11 is 0. The SMILES string of the molecule is CCOC(=O)c1c(C)n(-c2ccc(OC)cc2)c2c1c(C)c(O)c1ccccc12. The number of benzene rings is 3. The summed E-state index contributed by atoms with van der Waals surface area (Å²) in [4.78, 5) is 12.9. The van der Waals surface area contributed by atoms with Gasteiger partial charge >= 0.3 is 5.97 Å². The van der Waals surface area contributed by atoms with Crippen molar-refractivity contribution in [1.82, 2.24) is 4.57 Å². The summed E-state index contributed by atoms with van der Waals surface area (Å²) in [7, 11) is 1.63. The van der Waals surface area contributed by atoms with Gasteiger partial charge < -0.3 is 19.1 Å². The summed E-state index contributed by atoms with van der Waals surface area (Å²) in [6.07, 6.45) is 0. The van der Waals surface area contributed by atoms with Crippen LogP contribution >= 0.6 is 0 Å². The van der Waals surface area contributed by atoms with Gasteiger partial charge in [0.1, 0.15) is 11.5 Å². The zero-order valence-electron chi connectivity index (χ0n) is 16.9. The van der Waals surface area contributed by atoms with E-state index < -0.39 is 0 Å². The molecule has 4 rings (SSSR count). The van der Waals surface area contributed by atoms with Gasteiger partial charge in [0.2, 0.25) is 0 Å². The van der Waals surface area contributed by atoms with Crippen molar-refractivity contribution in [2.24, 2.45) is 0 Å². The van der Waals surface area contributed by atoms with E-state index in [1.54, 1.807) is 14.0 Å². The molecule has 1 N–H and O–H groups in total. The lowest BCUT2D eigenvalue weighted by atomic mass is 9.98. The third-order valence-corrected chi connectivity index (χ3v) is 5.39. The van der Waals surface area contributed by atoms with Gasteiger partial charge in [0, 0.05) is 33.1 Å². The van der Waals surface area contributed by atoms with Crippen LogP contribution in [0.2, 0.25) is 0 Å². The first-order valence-corrected chi connectivity index (χ1v) is 9.56. The Kier molecular flexibility index (Phi) is 4.66. The molecule has 148 valence electrons. The van der Waals surface area contributed by atoms with Gasteiger partial charge in [-0.1, -0.05) is 24.3 Å². The molecular weight excluding hydrogens is 366 g/mol. The second kappa shape index (κ2) is 7.17. The summed E-state index contributed by atoms with van der Waals surface area (Å²) < 4.78 is 12.7. The van der Waals surface area contributed by atoms with E-state index in [0.717, 1.165) is 33.4 Å². The average Bonchev–Trinajstić information content (AvgIpc) is 3.05. The van der Waals surface area contributed by atoms with Gasteiger partial charge in [0.25, 0.3) is 0 Å². The minimum absolute atomic E-state index is 0.186. The van der Waals surface area contributed by atoms with Crippen molar-refractivity contribution < 1.29 is 19.4 Å². The first-order chi connectivity index (χ1) is 14.0. The molecule has 0 fully saturated rings. The number of phenolic OH excluding ortho intramolecular Hbond substituents is 1. The lowest BCUT2D eigenvalue weighted by molar-refractivity contribution is 0.0527. The summed E-state index contributed by atoms with van der Waals surface area (Å²) in [6.45, 7) is 5.81. The molecule has 0 aliphatic carbocycles. The number of ether oxygens (including phenoxy) is 2. The van der Waals surface area contributed by atoms with Crippen molar-refractivity contribution in [3.63, 3.8) is 0 Å². The van der Waals surface area contributed by atoms with Crippen LogP contribution in [0.15, 0.2) is 48.5 Å². The minimum atomic E-state index is -0.389. The highest BCUT2D eigenvalue weighted by Gasteiger charge is 2.26. The Balaban J connectivity index is 2.20. The Morgan fingerprint density at radius 2 is 1.69 bits per heavy atom. The van der Waals surface area contributed by atoms with Crippen molar-refractivity contribution in [2.75, 3.05) is 13.7 Å². The van der Waals surface area contributed by atoms with Crippen LogP contribution in [0.5, 0.6) is 11.5 Å². The second-order valence-corrected chi connectivity index (χ2v) is 6.96. The van der Waals surface area contributed by atoms with E-state index in [-0.39, 0.29) is 18.3 Å². The minimum Gasteiger partial charge on any atom is -0.507 e. The highest BCUT2D eigenvalue weighted by Crippen LogP contribution is 2.42. The molecule has 0 aliphatic heterocycles. The van der Waals surface area contributed by atoms with Gasteiger partial charge in [-0.2, -0.15) is 0 Å². The number of carbonyl (C=O) groups excluding carboxylic acids is 1. The predicted molar refractivity (Wildman–Crippen MR) is 114 cm³/mol. The normalized spacial score (nSPS) is 11.2. The maximum atomic E-state index is 12.9. The monoisotopic (exact) mass is 389 g/mol. The molecule has 29 heavy (non-hydrogen) atoms. The Labute approximate surface area is 169 Å². The van der Waals surface area contributed by atoms with E-state index in [4.69, 9.17) is 9.47 Å². The molecule has 5 nitrogen and oxygen atoms in total. The lowest BCUT2D eigenvalue weighted by Gasteiger charge is -2.13. The number of methoxy groups -OCH3 is 1. The second-order valence-electron chi connectivity index (χ2n) is 6.96. The van der Waals surface area contributed by atoms with Crippen LogP contribution in [0.1, 0.15) is 28.5 Å². The van der Waals surface area contributed by atoms with Gasteiger partial charge in [0.05, 0.1) is 24.8 Å². The Bertz CT molecular complexity index is 1240. The molecule has 0 aliphatic rings. The molecule has 0 saturated carbocycles. The molecule has 1 heterocycles. The van der Waals surface area contributed by atoms with Gasteiger partial charge in [-0.15, -0.1) is 0 Å². The molecule has 1 aromatic heterocycles. The van der Waals surface area contributed by atoms with Crippen LogP contribution in [-0.4, -0.2) is 29.4 Å². The molecule has 0 amide bonds. The van der Waals surface area contributed by atoms with Crippen molar-refractivity contribution in [2.45, 2.75) is 20.8 Å². The van der Waals surface area contributed by atoms with Crippen LogP contribution in [0.3, 0.4) is 0 Å². The fourth-order valence-corrected chi connectivity index (χ4v) is 4.03. The molecule has 0 unspecified atom stereocenters. The topological polar surface area (TPSA) is 60.7 Å². The Morgan fingerprint density at radius 1 is 1.03 bits per heavy atom. The number of aromatic hydroxyl groups is 1. The number of phenols is 1. The van der Waals surface area contributed by atoms with Gasteiger partial charge in [-0.05, 0) is 45.0 Å². The maximum Gasteiger partial charge on any atom is 0.340 e. The Hall–Kier alpha value is -3.47. The summed E-state index contributed by atoms with van der Waals surface area (Å²) in [5.74, 6) is 0.553. The highest BCUT2D eigenvalue weighted by atomic mass is 16.5. The van der Waals surface area contributed by atoms with Crippen LogP contribution in [-0.2, 0) is 4.74 Å². The number of esters is 1. The zero-order valence-corrected chi connectivity index (χ0v) is 16.9. The molecule has 3 aromatic carbocycles. The third-order valence-electron chi connectivity index (χ3n) is 5.39. The molecule has 4 aromatic rings. The van der Waals surface area contributed by atoms with Crippen molar-refractivity contribution in [3.05, 3.63) is 65.4 Å².